The number of nitrogens with zero attached hydrogens (tertiary/aromatic N) is 6. The first-order chi connectivity index (χ1) is 21.7. The van der Waals surface area contributed by atoms with Crippen LogP contribution in [0.15, 0.2) is 89.9 Å². The summed E-state index contributed by atoms with van der Waals surface area (Å²) in [6.45, 7) is 4.16. The minimum Gasteiger partial charge on any atom is -0.331 e. The molecule has 1 amide bonds. The fourth-order valence-corrected chi connectivity index (χ4v) is 5.38. The van der Waals surface area contributed by atoms with Crippen molar-refractivity contribution in [2.45, 2.75) is 32.6 Å². The molecule has 0 aliphatic heterocycles. The van der Waals surface area contributed by atoms with E-state index in [1.807, 2.05) is 24.3 Å². The summed E-state index contributed by atoms with van der Waals surface area (Å²) in [5, 5.41) is 16.5. The first-order valence-corrected chi connectivity index (χ1v) is 14.4. The summed E-state index contributed by atoms with van der Waals surface area (Å²) < 4.78 is 45.2. The highest BCUT2D eigenvalue weighted by Gasteiger charge is 2.32. The Morgan fingerprint density at radius 1 is 1.00 bits per heavy atom. The van der Waals surface area contributed by atoms with E-state index >= 15 is 0 Å². The predicted octanol–water partition coefficient (Wildman–Crippen LogP) is 6.22. The number of hydrogen-bond donors (Lipinski definition) is 1. The molecule has 5 aromatic rings. The zero-order valence-electron chi connectivity index (χ0n) is 26.0. The third-order valence-corrected chi connectivity index (χ3v) is 7.52. The van der Waals surface area contributed by atoms with Gasteiger partial charge in [-0.25, -0.2) is 18.8 Å². The van der Waals surface area contributed by atoms with Gasteiger partial charge in [0, 0.05) is 5.56 Å². The van der Waals surface area contributed by atoms with Crippen LogP contribution in [0, 0.1) is 18.3 Å². The zero-order valence-corrected chi connectivity index (χ0v) is 26.0. The van der Waals surface area contributed by atoms with Gasteiger partial charge in [0.05, 0.1) is 73.3 Å². The number of carbonyl (C=O) groups excluding carboxylic acids is 1. The molecule has 1 atom stereocenters. The number of rotatable bonds is 7. The number of imidazole rings is 1. The molecule has 2 aromatic heterocycles. The molecule has 2 heterocycles. The van der Waals surface area contributed by atoms with E-state index in [1.165, 1.54) is 23.0 Å². The fraction of sp³-hybridized carbons (Fsp3) is 0.235. The van der Waals surface area contributed by atoms with Crippen molar-refractivity contribution in [2.75, 3.05) is 21.1 Å². The Hall–Kier alpha value is -5.41. The number of nitrogens with one attached hydrogen (secondary N) is 1. The van der Waals surface area contributed by atoms with E-state index in [-0.39, 0.29) is 17.1 Å². The summed E-state index contributed by atoms with van der Waals surface area (Å²) in [6.07, 6.45) is -3.15. The molecule has 0 saturated carbocycles. The number of nitriles is 1. The molecule has 0 radical (unpaired) electrons. The SMILES string of the molecule is Cc1c(-c2ccnn2-c2ccc(C#N)cc2)n(C(=O)N[C@H](C)c2ccc(C[N+](C)(C)C)cc2)c(=O)n1-c1cccc(C(F)(F)F)c1. The van der Waals surface area contributed by atoms with Crippen LogP contribution in [0.5, 0.6) is 0 Å². The lowest BCUT2D eigenvalue weighted by Gasteiger charge is -2.24. The number of quaternary nitrogens is 1. The second kappa shape index (κ2) is 12.2. The molecule has 5 rings (SSSR count). The number of halogens is 3. The standard InChI is InChI=1S/C34H32F3N7O2/c1-22(26-13-9-25(10-14-26)21-44(3,4)5)40-32(45)42-31(30-17-18-39-43(30)28-15-11-24(20-38)12-16-28)23(2)41(33(42)46)29-8-6-7-27(19-29)34(35,36)37/h6-19,22H,21H2,1-5H3/p+1/t22-/m1/s1. The van der Waals surface area contributed by atoms with Crippen LogP contribution >= 0.6 is 0 Å². The van der Waals surface area contributed by atoms with Crippen LogP contribution in [-0.4, -0.2) is 50.6 Å². The number of alkyl halides is 3. The van der Waals surface area contributed by atoms with Crippen LogP contribution in [0.4, 0.5) is 18.0 Å². The van der Waals surface area contributed by atoms with Crippen molar-refractivity contribution >= 4 is 6.03 Å². The Balaban J connectivity index is 1.62. The van der Waals surface area contributed by atoms with Gasteiger partial charge in [-0.15, -0.1) is 0 Å². The third kappa shape index (κ3) is 6.50. The van der Waals surface area contributed by atoms with Crippen LogP contribution in [0.2, 0.25) is 0 Å². The van der Waals surface area contributed by atoms with Crippen LogP contribution in [0.3, 0.4) is 0 Å². The number of amides is 1. The van der Waals surface area contributed by atoms with Gasteiger partial charge in [-0.2, -0.15) is 23.5 Å². The van der Waals surface area contributed by atoms with E-state index < -0.39 is 29.5 Å². The largest absolute Gasteiger partial charge is 0.416 e. The Labute approximate surface area is 263 Å². The van der Waals surface area contributed by atoms with Gasteiger partial charge < -0.3 is 9.80 Å². The maximum atomic E-state index is 14.1. The topological polar surface area (TPSA) is 97.6 Å². The second-order valence-electron chi connectivity index (χ2n) is 12.1. The van der Waals surface area contributed by atoms with Crippen molar-refractivity contribution in [3.63, 3.8) is 0 Å². The highest BCUT2D eigenvalue weighted by atomic mass is 19.4. The molecule has 0 unspecified atom stereocenters. The van der Waals surface area contributed by atoms with Crippen molar-refractivity contribution in [1.82, 2.24) is 24.2 Å². The molecule has 236 valence electrons. The fourth-order valence-electron chi connectivity index (χ4n) is 5.38. The van der Waals surface area contributed by atoms with E-state index in [4.69, 9.17) is 0 Å². The lowest BCUT2D eigenvalue weighted by atomic mass is 10.1. The molecule has 12 heteroatoms. The number of hydrogen-bond acceptors (Lipinski definition) is 4. The van der Waals surface area contributed by atoms with Crippen LogP contribution < -0.4 is 11.0 Å². The van der Waals surface area contributed by atoms with Crippen molar-refractivity contribution in [1.29, 1.82) is 5.26 Å². The Morgan fingerprint density at radius 2 is 1.67 bits per heavy atom. The lowest BCUT2D eigenvalue weighted by molar-refractivity contribution is -0.884. The zero-order chi connectivity index (χ0) is 33.4. The Kier molecular flexibility index (Phi) is 8.47. The smallest absolute Gasteiger partial charge is 0.331 e. The van der Waals surface area contributed by atoms with E-state index in [2.05, 4.69) is 37.6 Å². The minimum atomic E-state index is -4.64. The molecule has 0 aliphatic rings. The molecule has 3 aromatic carbocycles. The summed E-state index contributed by atoms with van der Waals surface area (Å²) >= 11 is 0. The van der Waals surface area contributed by atoms with Crippen LogP contribution in [-0.2, 0) is 12.7 Å². The molecule has 0 saturated heterocycles. The summed E-state index contributed by atoms with van der Waals surface area (Å²) in [7, 11) is 6.27. The van der Waals surface area contributed by atoms with Gasteiger partial charge in [0.25, 0.3) is 0 Å². The number of carbonyl (C=O) groups is 1. The van der Waals surface area contributed by atoms with Crippen LogP contribution in [0.1, 0.15) is 40.9 Å². The number of benzene rings is 3. The van der Waals surface area contributed by atoms with Crippen molar-refractivity contribution in [3.05, 3.63) is 123 Å². The van der Waals surface area contributed by atoms with Gasteiger partial charge in [-0.1, -0.05) is 30.3 Å². The molecule has 0 bridgehead atoms. The van der Waals surface area contributed by atoms with E-state index in [0.717, 1.165) is 43.4 Å². The second-order valence-corrected chi connectivity index (χ2v) is 12.1. The summed E-state index contributed by atoms with van der Waals surface area (Å²) in [4.78, 5) is 28.0. The van der Waals surface area contributed by atoms with Crippen LogP contribution in [0.25, 0.3) is 22.8 Å². The van der Waals surface area contributed by atoms with Crippen molar-refractivity contribution < 1.29 is 22.4 Å². The van der Waals surface area contributed by atoms with Gasteiger partial charge in [0.1, 0.15) is 12.2 Å². The van der Waals surface area contributed by atoms with Gasteiger partial charge in [0.2, 0.25) is 0 Å². The molecular weight excluding hydrogens is 595 g/mol. The molecule has 0 fully saturated rings. The van der Waals surface area contributed by atoms with Gasteiger partial charge in [-0.05, 0) is 67.9 Å². The first kappa shape index (κ1) is 32.0. The molecule has 46 heavy (non-hydrogen) atoms. The summed E-state index contributed by atoms with van der Waals surface area (Å²) in [6, 6.07) is 21.1. The van der Waals surface area contributed by atoms with E-state index in [0.29, 0.717) is 16.9 Å². The van der Waals surface area contributed by atoms with Gasteiger partial charge in [0.15, 0.2) is 0 Å². The maximum Gasteiger partial charge on any atom is 0.416 e. The molecular formula is C34H33F3N7O2+. The first-order valence-electron chi connectivity index (χ1n) is 14.4. The molecule has 1 N–H and O–H groups in total. The molecule has 9 nitrogen and oxygen atoms in total. The highest BCUT2D eigenvalue weighted by molar-refractivity contribution is 5.83. The Bertz CT molecular complexity index is 1990. The number of aromatic nitrogens is 4. The molecule has 0 spiro atoms. The Morgan fingerprint density at radius 3 is 2.28 bits per heavy atom. The average Bonchev–Trinajstić information content (AvgIpc) is 3.58. The average molecular weight is 629 g/mol. The van der Waals surface area contributed by atoms with Gasteiger partial charge >= 0.3 is 17.9 Å². The van der Waals surface area contributed by atoms with Crippen molar-refractivity contribution in [2.24, 2.45) is 0 Å². The van der Waals surface area contributed by atoms with E-state index in [9.17, 15) is 28.0 Å². The monoisotopic (exact) mass is 628 g/mol. The lowest BCUT2D eigenvalue weighted by Crippen LogP contribution is -2.38. The van der Waals surface area contributed by atoms with Crippen molar-refractivity contribution in [3.8, 4) is 28.8 Å². The van der Waals surface area contributed by atoms with Gasteiger partial charge in [-0.3, -0.25) is 4.57 Å². The molecule has 0 aliphatic carbocycles. The summed E-state index contributed by atoms with van der Waals surface area (Å²) in [5.74, 6) is 0. The quantitative estimate of drug-likeness (QED) is 0.217. The minimum absolute atomic E-state index is 0.0459. The van der Waals surface area contributed by atoms with E-state index in [1.54, 1.807) is 44.2 Å². The predicted molar refractivity (Wildman–Crippen MR) is 168 cm³/mol. The summed E-state index contributed by atoms with van der Waals surface area (Å²) in [5.41, 5.74) is 1.81. The normalized spacial score (nSPS) is 12.5. The highest BCUT2D eigenvalue weighted by Crippen LogP contribution is 2.32. The third-order valence-electron chi connectivity index (χ3n) is 7.52. The maximum absolute atomic E-state index is 14.1.